The summed E-state index contributed by atoms with van der Waals surface area (Å²) in [5, 5.41) is 1.77. The van der Waals surface area contributed by atoms with Crippen LogP contribution in [0.25, 0.3) is 0 Å². The maximum atomic E-state index is 11.9. The van der Waals surface area contributed by atoms with E-state index in [1.807, 2.05) is 0 Å². The maximum absolute atomic E-state index is 11.9. The Labute approximate surface area is 107 Å². The van der Waals surface area contributed by atoms with E-state index in [0.29, 0.717) is 6.54 Å². The molecule has 1 fully saturated rings. The highest BCUT2D eigenvalue weighted by molar-refractivity contribution is 5.78. The summed E-state index contributed by atoms with van der Waals surface area (Å²) in [6.07, 6.45) is -5.25. The summed E-state index contributed by atoms with van der Waals surface area (Å²) in [5.41, 5.74) is 0. The quantitative estimate of drug-likeness (QED) is 0.708. The lowest BCUT2D eigenvalue weighted by atomic mass is 10.2. The van der Waals surface area contributed by atoms with Crippen LogP contribution in [0.4, 0.5) is 13.2 Å². The lowest BCUT2D eigenvalue weighted by Crippen LogP contribution is -2.50. The zero-order valence-corrected chi connectivity index (χ0v) is 10.3. The van der Waals surface area contributed by atoms with Crippen LogP contribution in [0.1, 0.15) is 0 Å². The van der Waals surface area contributed by atoms with Gasteiger partial charge >= 0.3 is 12.1 Å². The fraction of sp³-hybridized carbons (Fsp3) is 0.800. The first-order chi connectivity index (χ1) is 8.81. The first-order valence-electron chi connectivity index (χ1n) is 5.57. The molecule has 19 heavy (non-hydrogen) atoms. The van der Waals surface area contributed by atoms with Gasteiger partial charge in [0, 0.05) is 13.1 Å². The number of ether oxygens (including phenoxy) is 2. The minimum absolute atomic E-state index is 0.117. The number of amides is 1. The second-order valence-electron chi connectivity index (χ2n) is 4.01. The summed E-state index contributed by atoms with van der Waals surface area (Å²) < 4.78 is 45.3. The molecular formula is C10H15F3N2O4. The highest BCUT2D eigenvalue weighted by Crippen LogP contribution is 2.12. The molecule has 0 radical (unpaired) electrons. The number of carbonyl (C=O) groups is 2. The molecule has 9 heteroatoms. The molecule has 0 aliphatic carbocycles. The monoisotopic (exact) mass is 284 g/mol. The summed E-state index contributed by atoms with van der Waals surface area (Å²) in [5.74, 6) is -1.32. The number of carbonyl (C=O) groups excluding carboxylic acids is 2. The number of hydrogen-bond donors (Lipinski definition) is 1. The van der Waals surface area contributed by atoms with Crippen LogP contribution in [0.3, 0.4) is 0 Å². The van der Waals surface area contributed by atoms with Crippen LogP contribution >= 0.6 is 0 Å². The Morgan fingerprint density at radius 2 is 2.16 bits per heavy atom. The fourth-order valence-corrected chi connectivity index (χ4v) is 1.58. The molecule has 1 aliphatic heterocycles. The largest absolute Gasteiger partial charge is 0.467 e. The number of alkyl halides is 3. The van der Waals surface area contributed by atoms with Crippen molar-refractivity contribution in [1.82, 2.24) is 10.2 Å². The molecule has 1 unspecified atom stereocenters. The average molecular weight is 284 g/mol. The predicted molar refractivity (Wildman–Crippen MR) is 57.3 cm³/mol. The third kappa shape index (κ3) is 5.88. The molecule has 0 aromatic heterocycles. The van der Waals surface area contributed by atoms with Gasteiger partial charge in [0.25, 0.3) is 0 Å². The number of nitrogens with zero attached hydrogens (tertiary/aromatic N) is 1. The van der Waals surface area contributed by atoms with E-state index < -0.39 is 30.7 Å². The van der Waals surface area contributed by atoms with E-state index in [1.54, 1.807) is 5.32 Å². The van der Waals surface area contributed by atoms with Crippen LogP contribution in [0.5, 0.6) is 0 Å². The fourth-order valence-electron chi connectivity index (χ4n) is 1.58. The minimum atomic E-state index is -4.44. The lowest BCUT2D eigenvalue weighted by Gasteiger charge is -2.30. The van der Waals surface area contributed by atoms with Crippen molar-refractivity contribution in [2.24, 2.45) is 0 Å². The van der Waals surface area contributed by atoms with E-state index in [1.165, 1.54) is 12.0 Å². The molecule has 110 valence electrons. The zero-order valence-electron chi connectivity index (χ0n) is 10.3. The molecule has 0 spiro atoms. The van der Waals surface area contributed by atoms with Crippen molar-refractivity contribution in [3.63, 3.8) is 0 Å². The molecule has 1 saturated heterocycles. The highest BCUT2D eigenvalue weighted by Gasteiger charge is 2.30. The van der Waals surface area contributed by atoms with E-state index in [-0.39, 0.29) is 19.7 Å². The Morgan fingerprint density at radius 3 is 2.74 bits per heavy atom. The molecule has 0 aromatic carbocycles. The third-order valence-corrected chi connectivity index (χ3v) is 2.47. The molecular weight excluding hydrogens is 269 g/mol. The molecule has 1 atom stereocenters. The second-order valence-corrected chi connectivity index (χ2v) is 4.01. The number of methoxy groups -OCH3 is 1. The average Bonchev–Trinajstić information content (AvgIpc) is 2.35. The third-order valence-electron chi connectivity index (χ3n) is 2.47. The van der Waals surface area contributed by atoms with Crippen LogP contribution in [0, 0.1) is 0 Å². The van der Waals surface area contributed by atoms with E-state index in [9.17, 15) is 22.8 Å². The van der Waals surface area contributed by atoms with Crippen molar-refractivity contribution < 1.29 is 32.2 Å². The van der Waals surface area contributed by atoms with Crippen LogP contribution in [-0.4, -0.2) is 69.0 Å². The van der Waals surface area contributed by atoms with E-state index in [2.05, 4.69) is 4.74 Å². The van der Waals surface area contributed by atoms with Gasteiger partial charge in [-0.15, -0.1) is 0 Å². The van der Waals surface area contributed by atoms with Crippen LogP contribution in [-0.2, 0) is 19.1 Å². The Bertz CT molecular complexity index is 335. The summed E-state index contributed by atoms with van der Waals surface area (Å²) in [6.45, 7) is -0.880. The van der Waals surface area contributed by atoms with Gasteiger partial charge < -0.3 is 14.8 Å². The molecule has 6 nitrogen and oxygen atoms in total. The summed E-state index contributed by atoms with van der Waals surface area (Å²) >= 11 is 0. The maximum Gasteiger partial charge on any atom is 0.405 e. The van der Waals surface area contributed by atoms with Crippen molar-refractivity contribution in [2.45, 2.75) is 12.3 Å². The van der Waals surface area contributed by atoms with Gasteiger partial charge in [-0.3, -0.25) is 9.69 Å². The summed E-state index contributed by atoms with van der Waals surface area (Å²) in [7, 11) is 1.21. The Morgan fingerprint density at radius 1 is 1.47 bits per heavy atom. The van der Waals surface area contributed by atoms with E-state index >= 15 is 0 Å². The Kier molecular flexibility index (Phi) is 5.55. The van der Waals surface area contributed by atoms with Crippen molar-refractivity contribution in [1.29, 1.82) is 0 Å². The topological polar surface area (TPSA) is 67.9 Å². The Balaban J connectivity index is 2.36. The smallest absolute Gasteiger partial charge is 0.405 e. The standard InChI is InChI=1S/C10H15F3N2O4/c1-18-9(17)7-4-15(2-3-19-7)5-8(16)14-6-10(11,12)13/h7H,2-6H2,1H3,(H,14,16). The highest BCUT2D eigenvalue weighted by atomic mass is 19.4. The number of halogens is 3. The van der Waals surface area contributed by atoms with Gasteiger partial charge in [-0.2, -0.15) is 13.2 Å². The van der Waals surface area contributed by atoms with Gasteiger partial charge in [-0.05, 0) is 0 Å². The SMILES string of the molecule is COC(=O)C1CN(CC(=O)NCC(F)(F)F)CCO1. The number of nitrogens with one attached hydrogen (secondary N) is 1. The normalized spacial score (nSPS) is 20.9. The van der Waals surface area contributed by atoms with Crippen LogP contribution in [0.15, 0.2) is 0 Å². The number of rotatable bonds is 4. The van der Waals surface area contributed by atoms with Crippen LogP contribution < -0.4 is 5.32 Å². The van der Waals surface area contributed by atoms with Crippen molar-refractivity contribution in [3.05, 3.63) is 0 Å². The Hall–Kier alpha value is -1.35. The van der Waals surface area contributed by atoms with Gasteiger partial charge in [-0.25, -0.2) is 4.79 Å². The number of esters is 1. The van der Waals surface area contributed by atoms with Gasteiger partial charge in [0.05, 0.1) is 20.3 Å². The van der Waals surface area contributed by atoms with Crippen LogP contribution in [0.2, 0.25) is 0 Å². The first-order valence-corrected chi connectivity index (χ1v) is 5.57. The van der Waals surface area contributed by atoms with Gasteiger partial charge in [0.15, 0.2) is 6.10 Å². The molecule has 0 saturated carbocycles. The molecule has 1 rings (SSSR count). The van der Waals surface area contributed by atoms with E-state index in [4.69, 9.17) is 4.74 Å². The molecule has 0 bridgehead atoms. The summed E-state index contributed by atoms with van der Waals surface area (Å²) in [6, 6.07) is 0. The van der Waals surface area contributed by atoms with E-state index in [0.717, 1.165) is 0 Å². The molecule has 1 N–H and O–H groups in total. The van der Waals surface area contributed by atoms with Gasteiger partial charge in [-0.1, -0.05) is 0 Å². The summed E-state index contributed by atoms with van der Waals surface area (Å²) in [4.78, 5) is 24.1. The van der Waals surface area contributed by atoms with Crippen molar-refractivity contribution >= 4 is 11.9 Å². The molecule has 0 aromatic rings. The van der Waals surface area contributed by atoms with Crippen molar-refractivity contribution in [2.75, 3.05) is 39.9 Å². The number of morpholine rings is 1. The molecule has 1 heterocycles. The lowest BCUT2D eigenvalue weighted by molar-refractivity contribution is -0.160. The van der Waals surface area contributed by atoms with Gasteiger partial charge in [0.2, 0.25) is 5.91 Å². The van der Waals surface area contributed by atoms with Crippen molar-refractivity contribution in [3.8, 4) is 0 Å². The van der Waals surface area contributed by atoms with Gasteiger partial charge in [0.1, 0.15) is 6.54 Å². The first kappa shape index (κ1) is 15.7. The minimum Gasteiger partial charge on any atom is -0.467 e. The predicted octanol–water partition coefficient (Wildman–Crippen LogP) is -0.461. The molecule has 1 amide bonds. The molecule has 1 aliphatic rings. The second kappa shape index (κ2) is 6.71. The number of hydrogen-bond acceptors (Lipinski definition) is 5. The zero-order chi connectivity index (χ0) is 14.5.